The first-order chi connectivity index (χ1) is 8.35. The van der Waals surface area contributed by atoms with Crippen LogP contribution in [0.15, 0.2) is 12.1 Å². The zero-order chi connectivity index (χ0) is 13.4. The molecule has 18 heavy (non-hydrogen) atoms. The van der Waals surface area contributed by atoms with Crippen molar-refractivity contribution < 1.29 is 13.5 Å². The Balaban J connectivity index is 2.20. The van der Waals surface area contributed by atoms with Gasteiger partial charge in [-0.15, -0.1) is 11.3 Å². The molecule has 2 rings (SSSR count). The Labute approximate surface area is 113 Å². The Kier molecular flexibility index (Phi) is 3.85. The molecule has 1 aromatic rings. The monoisotopic (exact) mass is 288 g/mol. The average Bonchev–Trinajstić information content (AvgIpc) is 2.84. The normalized spacial score (nSPS) is 28.7. The predicted octanol–water partition coefficient (Wildman–Crippen LogP) is 2.18. The Bertz CT molecular complexity index is 518. The van der Waals surface area contributed by atoms with E-state index in [0.29, 0.717) is 19.3 Å². The van der Waals surface area contributed by atoms with Gasteiger partial charge in [-0.3, -0.25) is 0 Å². The van der Waals surface area contributed by atoms with Crippen molar-refractivity contribution in [2.24, 2.45) is 0 Å². The van der Waals surface area contributed by atoms with Crippen molar-refractivity contribution in [2.45, 2.75) is 49.9 Å². The van der Waals surface area contributed by atoms with Crippen molar-refractivity contribution >= 4 is 21.2 Å². The van der Waals surface area contributed by atoms with Gasteiger partial charge < -0.3 is 5.11 Å². The van der Waals surface area contributed by atoms with E-state index in [1.165, 1.54) is 11.1 Å². The fraction of sp³-hybridized carbons (Fsp3) is 0.692. The number of hydrogen-bond donors (Lipinski definition) is 1. The molecule has 5 heteroatoms. The Hall–Kier alpha value is -0.390. The van der Waals surface area contributed by atoms with Crippen LogP contribution in [0.3, 0.4) is 0 Å². The highest BCUT2D eigenvalue weighted by Crippen LogP contribution is 2.38. The minimum absolute atomic E-state index is 0.468. The molecule has 0 aromatic carbocycles. The van der Waals surface area contributed by atoms with Crippen LogP contribution in [-0.4, -0.2) is 30.6 Å². The van der Waals surface area contributed by atoms with E-state index in [-0.39, 0.29) is 0 Å². The first-order valence-corrected chi connectivity index (χ1v) is 9.11. The molecule has 1 saturated carbocycles. The fourth-order valence-electron chi connectivity index (χ4n) is 2.85. The molecule has 102 valence electrons. The lowest BCUT2D eigenvalue weighted by Gasteiger charge is -2.28. The van der Waals surface area contributed by atoms with Gasteiger partial charge in [0.05, 0.1) is 10.9 Å². The summed E-state index contributed by atoms with van der Waals surface area (Å²) in [7, 11) is -3.17. The maximum Gasteiger partial charge on any atom is 0.153 e. The van der Waals surface area contributed by atoms with Gasteiger partial charge in [0.1, 0.15) is 0 Å². The van der Waals surface area contributed by atoms with E-state index in [1.807, 2.05) is 6.07 Å². The molecule has 3 nitrogen and oxygen atoms in total. The van der Waals surface area contributed by atoms with Crippen LogP contribution in [0.5, 0.6) is 0 Å². The molecule has 0 spiro atoms. The van der Waals surface area contributed by atoms with Gasteiger partial charge >= 0.3 is 0 Å². The molecule has 1 aromatic heterocycles. The molecule has 0 radical (unpaired) electrons. The van der Waals surface area contributed by atoms with Crippen LogP contribution < -0.4 is 0 Å². The second-order valence-electron chi connectivity index (χ2n) is 5.21. The number of aryl methyl sites for hydroxylation is 1. The first-order valence-electron chi connectivity index (χ1n) is 6.34. The molecule has 2 unspecified atom stereocenters. The number of sulfone groups is 1. The van der Waals surface area contributed by atoms with E-state index in [1.54, 1.807) is 11.3 Å². The van der Waals surface area contributed by atoms with E-state index in [0.717, 1.165) is 17.7 Å². The van der Waals surface area contributed by atoms with E-state index < -0.39 is 20.7 Å². The molecular weight excluding hydrogens is 268 g/mol. The van der Waals surface area contributed by atoms with E-state index in [2.05, 4.69) is 13.0 Å². The summed E-state index contributed by atoms with van der Waals surface area (Å²) < 4.78 is 23.5. The van der Waals surface area contributed by atoms with Crippen LogP contribution in [0.2, 0.25) is 0 Å². The van der Waals surface area contributed by atoms with Crippen molar-refractivity contribution in [3.63, 3.8) is 0 Å². The summed E-state index contributed by atoms with van der Waals surface area (Å²) in [6.45, 7) is 2.10. The van der Waals surface area contributed by atoms with Crippen LogP contribution in [0.4, 0.5) is 0 Å². The van der Waals surface area contributed by atoms with Crippen LogP contribution in [0.1, 0.15) is 35.9 Å². The van der Waals surface area contributed by atoms with Crippen molar-refractivity contribution in [3.05, 3.63) is 21.9 Å². The highest BCUT2D eigenvalue weighted by atomic mass is 32.2. The Morgan fingerprint density at radius 1 is 1.44 bits per heavy atom. The molecular formula is C13H20O3S2. The predicted molar refractivity (Wildman–Crippen MR) is 74.8 cm³/mol. The molecule has 2 atom stereocenters. The second kappa shape index (κ2) is 4.94. The minimum Gasteiger partial charge on any atom is -0.388 e. The minimum atomic E-state index is -3.17. The summed E-state index contributed by atoms with van der Waals surface area (Å²) in [5.41, 5.74) is -1.07. The number of thiophene rings is 1. The fourth-order valence-corrected chi connectivity index (χ4v) is 5.52. The molecule has 1 aliphatic rings. The molecule has 0 saturated heterocycles. The summed E-state index contributed by atoms with van der Waals surface area (Å²) in [5.74, 6) is 0. The summed E-state index contributed by atoms with van der Waals surface area (Å²) in [4.78, 5) is 2.37. The number of rotatable bonds is 4. The lowest BCUT2D eigenvalue weighted by molar-refractivity contribution is 0.0521. The van der Waals surface area contributed by atoms with Crippen molar-refractivity contribution in [2.75, 3.05) is 6.26 Å². The molecule has 0 amide bonds. The third kappa shape index (κ3) is 2.78. The van der Waals surface area contributed by atoms with Gasteiger partial charge in [0, 0.05) is 22.4 Å². The highest BCUT2D eigenvalue weighted by molar-refractivity contribution is 7.91. The van der Waals surface area contributed by atoms with Gasteiger partial charge in [0.15, 0.2) is 9.84 Å². The topological polar surface area (TPSA) is 54.4 Å². The third-order valence-electron chi connectivity index (χ3n) is 3.74. The maximum absolute atomic E-state index is 11.7. The zero-order valence-corrected chi connectivity index (χ0v) is 12.5. The Morgan fingerprint density at radius 2 is 2.11 bits per heavy atom. The van der Waals surface area contributed by atoms with Crippen molar-refractivity contribution in [1.82, 2.24) is 0 Å². The summed E-state index contributed by atoms with van der Waals surface area (Å²) in [6, 6.07) is 4.08. The average molecular weight is 288 g/mol. The van der Waals surface area contributed by atoms with Gasteiger partial charge in [-0.1, -0.05) is 6.92 Å². The molecule has 1 fully saturated rings. The third-order valence-corrected chi connectivity index (χ3v) is 6.68. The van der Waals surface area contributed by atoms with Gasteiger partial charge in [-0.2, -0.15) is 0 Å². The SMILES string of the molecule is CCc1ccc(CC2(O)CCCC2S(C)(=O)=O)s1. The smallest absolute Gasteiger partial charge is 0.153 e. The lowest BCUT2D eigenvalue weighted by atomic mass is 9.97. The second-order valence-corrected chi connectivity index (χ2v) is 8.69. The highest BCUT2D eigenvalue weighted by Gasteiger charge is 2.46. The van der Waals surface area contributed by atoms with Gasteiger partial charge in [0.25, 0.3) is 0 Å². The van der Waals surface area contributed by atoms with Crippen LogP contribution in [0, 0.1) is 0 Å². The van der Waals surface area contributed by atoms with Crippen molar-refractivity contribution in [3.8, 4) is 0 Å². The summed E-state index contributed by atoms with van der Waals surface area (Å²) in [6.07, 6.45) is 4.65. The van der Waals surface area contributed by atoms with Crippen molar-refractivity contribution in [1.29, 1.82) is 0 Å². The van der Waals surface area contributed by atoms with E-state index in [9.17, 15) is 13.5 Å². The first kappa shape index (κ1) is 14.0. The van der Waals surface area contributed by atoms with Gasteiger partial charge in [-0.05, 0) is 37.8 Å². The molecule has 1 heterocycles. The standard InChI is InChI=1S/C13H20O3S2/c1-3-10-6-7-11(17-10)9-13(14)8-4-5-12(13)18(2,15)16/h6-7,12,14H,3-5,8-9H2,1-2H3. The zero-order valence-electron chi connectivity index (χ0n) is 10.8. The molecule has 0 aliphatic heterocycles. The van der Waals surface area contributed by atoms with Gasteiger partial charge in [-0.25, -0.2) is 8.42 Å². The van der Waals surface area contributed by atoms with Crippen LogP contribution >= 0.6 is 11.3 Å². The lowest BCUT2D eigenvalue weighted by Crippen LogP contribution is -2.43. The van der Waals surface area contributed by atoms with Crippen LogP contribution in [0.25, 0.3) is 0 Å². The molecule has 0 bridgehead atoms. The van der Waals surface area contributed by atoms with E-state index in [4.69, 9.17) is 0 Å². The number of aliphatic hydroxyl groups is 1. The van der Waals surface area contributed by atoms with Crippen LogP contribution in [-0.2, 0) is 22.7 Å². The molecule has 1 N–H and O–H groups in total. The Morgan fingerprint density at radius 3 is 2.67 bits per heavy atom. The van der Waals surface area contributed by atoms with Gasteiger partial charge in [0.2, 0.25) is 0 Å². The van der Waals surface area contributed by atoms with E-state index >= 15 is 0 Å². The summed E-state index contributed by atoms with van der Waals surface area (Å²) in [5, 5.41) is 10.0. The quantitative estimate of drug-likeness (QED) is 0.924. The number of hydrogen-bond acceptors (Lipinski definition) is 4. The molecule has 1 aliphatic carbocycles. The largest absolute Gasteiger partial charge is 0.388 e. The maximum atomic E-state index is 11.7. The summed E-state index contributed by atoms with van der Waals surface area (Å²) >= 11 is 1.68.